The van der Waals surface area contributed by atoms with Crippen molar-refractivity contribution in [2.24, 2.45) is 23.7 Å². The summed E-state index contributed by atoms with van der Waals surface area (Å²) in [4.78, 5) is 125. The van der Waals surface area contributed by atoms with Crippen LogP contribution in [0.3, 0.4) is 0 Å². The number of amides is 4. The van der Waals surface area contributed by atoms with Gasteiger partial charge in [0.15, 0.2) is 29.4 Å². The lowest BCUT2D eigenvalue weighted by Crippen LogP contribution is -2.70. The van der Waals surface area contributed by atoms with Crippen molar-refractivity contribution in [2.75, 3.05) is 87.5 Å². The summed E-state index contributed by atoms with van der Waals surface area (Å²) in [5.41, 5.74) is -12.2. The Morgan fingerprint density at radius 1 is 0.653 bits per heavy atom. The number of carbonyl (C=O) groups is 9. The van der Waals surface area contributed by atoms with Crippen LogP contribution in [0.5, 0.6) is 17.2 Å². The molecule has 0 bridgehead atoms. The van der Waals surface area contributed by atoms with Gasteiger partial charge in [-0.2, -0.15) is 0 Å². The molecule has 0 radical (unpaired) electrons. The zero-order chi connectivity index (χ0) is 74.4. The highest BCUT2D eigenvalue weighted by molar-refractivity contribution is 8.01. The SMILES string of the molecule is CC1(C)S[C@@H]2[C@H](NC(=O)COc3ccccc3)C(=O)N2[C@H]1C(=O)O.CN(C)[C@@H]1C(=O)C(C(=O)NCN2CCN(CCO)CC2)=C(O)[C@@]2(O)C(=O)C3=C(O)c4c(O)cccc4[C@@](C)(O)C3C[C@@H]12.CN(C)[C@@H]1C(=O)C(C(=O)NCO)=C(O)[C@@]2(O)C(=O)C3=C(O)c4c(O)ccc(Cl)c4[C@@](C)(O)C3C[C@@H]12. The number of phenolic OH excluding ortho intramolecular Hbond substituents is 2. The fourth-order valence-corrected chi connectivity index (χ4v) is 17.8. The first-order chi connectivity index (χ1) is 47.3. The number of carbonyl (C=O) groups excluding carboxylic acids is 8. The van der Waals surface area contributed by atoms with E-state index in [1.54, 1.807) is 52.2 Å². The van der Waals surface area contributed by atoms with E-state index < -0.39 is 180 Å². The van der Waals surface area contributed by atoms with Gasteiger partial charge in [-0.3, -0.25) is 58.0 Å². The fourth-order valence-electron chi connectivity index (χ4n) is 15.8. The number of Topliss-reactive ketones (excluding diaryl/α,β-unsaturated/α-hetero) is 4. The Kier molecular flexibility index (Phi) is 20.6. The predicted molar refractivity (Wildman–Crippen MR) is 358 cm³/mol. The van der Waals surface area contributed by atoms with Gasteiger partial charge in [-0.25, -0.2) is 4.79 Å². The molecule has 12 rings (SSSR count). The van der Waals surface area contributed by atoms with Gasteiger partial charge in [-0.15, -0.1) is 11.8 Å². The molecular weight excluding hydrogens is 1360 g/mol. The van der Waals surface area contributed by atoms with Gasteiger partial charge < -0.3 is 92.0 Å². The van der Waals surface area contributed by atoms with Crippen molar-refractivity contribution in [3.05, 3.63) is 122 Å². The molecule has 544 valence electrons. The molecule has 6 aliphatic carbocycles. The number of aliphatic hydroxyl groups is 10. The number of halogens is 1. The number of aromatic hydroxyl groups is 2. The van der Waals surface area contributed by atoms with Gasteiger partial charge in [0.25, 0.3) is 17.7 Å². The number of carboxylic acid groups (broad SMARTS) is 1. The number of benzene rings is 3. The maximum Gasteiger partial charge on any atom is 0.327 e. The van der Waals surface area contributed by atoms with Crippen LogP contribution >= 0.6 is 23.4 Å². The molecule has 9 aliphatic rings. The molecule has 3 heterocycles. The molecule has 33 heteroatoms. The Labute approximate surface area is 587 Å². The van der Waals surface area contributed by atoms with Crippen molar-refractivity contribution in [3.63, 3.8) is 0 Å². The Balaban J connectivity index is 0.000000169. The number of nitrogens with one attached hydrogen (secondary N) is 3. The highest BCUT2D eigenvalue weighted by Gasteiger charge is 2.69. The van der Waals surface area contributed by atoms with Crippen molar-refractivity contribution in [2.45, 2.75) is 97.2 Å². The number of hydrogen-bond acceptors (Lipinski definition) is 27. The zero-order valence-electron chi connectivity index (χ0n) is 56.2. The second-order valence-electron chi connectivity index (χ2n) is 27.6. The highest BCUT2D eigenvalue weighted by Crippen LogP contribution is 2.60. The van der Waals surface area contributed by atoms with Crippen molar-refractivity contribution >= 4 is 87.6 Å². The molecule has 4 amide bonds. The molecule has 101 heavy (non-hydrogen) atoms. The minimum absolute atomic E-state index is 0.0104. The molecule has 3 aromatic carbocycles. The van der Waals surface area contributed by atoms with Crippen LogP contribution in [0, 0.1) is 23.7 Å². The number of β-lactam (4-membered cyclic amide) rings is 1. The third-order valence-electron chi connectivity index (χ3n) is 20.7. The minimum Gasteiger partial charge on any atom is -0.508 e. The molecule has 0 spiro atoms. The van der Waals surface area contributed by atoms with Gasteiger partial charge in [0.05, 0.1) is 47.7 Å². The number of aliphatic carboxylic acids is 1. The summed E-state index contributed by atoms with van der Waals surface area (Å²) in [6, 6.07) is 11.6. The summed E-state index contributed by atoms with van der Waals surface area (Å²) in [5, 5.41) is 147. The molecule has 2 unspecified atom stereocenters. The van der Waals surface area contributed by atoms with Crippen LogP contribution < -0.4 is 20.7 Å². The second kappa shape index (κ2) is 27.7. The van der Waals surface area contributed by atoms with Crippen LogP contribution in [-0.2, 0) is 54.4 Å². The van der Waals surface area contributed by atoms with E-state index in [0.717, 1.165) is 6.07 Å². The maximum absolute atomic E-state index is 14.1. The Morgan fingerprint density at radius 2 is 1.16 bits per heavy atom. The van der Waals surface area contributed by atoms with Crippen molar-refractivity contribution in [3.8, 4) is 17.2 Å². The molecular formula is C68H81ClN8O23S. The van der Waals surface area contributed by atoms with E-state index in [2.05, 4.69) is 15.5 Å². The van der Waals surface area contributed by atoms with Gasteiger partial charge in [-0.05, 0) is 105 Å². The summed E-state index contributed by atoms with van der Waals surface area (Å²) in [6.45, 7) is 8.42. The average Bonchev–Trinajstić information content (AvgIpc) is 1.48. The van der Waals surface area contributed by atoms with E-state index >= 15 is 0 Å². The number of thioether (sulfide) groups is 1. The topological polar surface area (TPSA) is 478 Å². The first-order valence-electron chi connectivity index (χ1n) is 32.2. The quantitative estimate of drug-likeness (QED) is 0.0544. The molecule has 2 saturated carbocycles. The van der Waals surface area contributed by atoms with Gasteiger partial charge in [0, 0.05) is 82.9 Å². The number of rotatable bonds is 14. The molecule has 0 aromatic heterocycles. The first-order valence-corrected chi connectivity index (χ1v) is 33.5. The number of aliphatic hydroxyl groups excluding tert-OH is 6. The number of carboxylic acids is 1. The third-order valence-corrected chi connectivity index (χ3v) is 22.6. The number of ketones is 4. The monoisotopic (exact) mass is 1440 g/mol. The lowest BCUT2D eigenvalue weighted by molar-refractivity contribution is -0.161. The number of para-hydroxylation sites is 1. The van der Waals surface area contributed by atoms with E-state index in [0.29, 0.717) is 38.5 Å². The van der Waals surface area contributed by atoms with Crippen molar-refractivity contribution in [1.29, 1.82) is 0 Å². The number of fused-ring (bicyclic) bond motifs is 7. The summed E-state index contributed by atoms with van der Waals surface area (Å²) in [7, 11) is 6.05. The highest BCUT2D eigenvalue weighted by atomic mass is 35.5. The number of hydrogen-bond donors (Lipinski definition) is 16. The van der Waals surface area contributed by atoms with Gasteiger partial charge in [0.2, 0.25) is 17.5 Å². The molecule has 13 atom stereocenters. The van der Waals surface area contributed by atoms with E-state index in [1.807, 2.05) is 16.3 Å². The number of piperazine rings is 1. The normalized spacial score (nSPS) is 31.0. The molecule has 16 N–H and O–H groups in total. The Morgan fingerprint density at radius 3 is 1.67 bits per heavy atom. The lowest BCUT2D eigenvalue weighted by atomic mass is 9.54. The van der Waals surface area contributed by atoms with Gasteiger partial charge in [0.1, 0.15) is 75.6 Å². The Bertz CT molecular complexity index is 4090. The van der Waals surface area contributed by atoms with E-state index in [4.69, 9.17) is 26.6 Å². The maximum atomic E-state index is 14.1. The van der Waals surface area contributed by atoms with Gasteiger partial charge >= 0.3 is 5.97 Å². The predicted octanol–water partition coefficient (Wildman–Crippen LogP) is -0.612. The van der Waals surface area contributed by atoms with E-state index in [-0.39, 0.29) is 77.0 Å². The van der Waals surface area contributed by atoms with E-state index in [9.17, 15) is 99.3 Å². The first kappa shape index (κ1) is 75.2. The van der Waals surface area contributed by atoms with Crippen LogP contribution in [-0.4, -0.2) is 277 Å². The zero-order valence-corrected chi connectivity index (χ0v) is 57.7. The summed E-state index contributed by atoms with van der Waals surface area (Å²) in [5.74, 6) is -17.0. The average molecular weight is 1450 g/mol. The standard InChI is InChI=1S/C29H38N4O9.C23H25ClN2O9.C16H18N2O5S/c1-28(41)15-5-4-6-18(35)19(15)23(36)20-16(28)13-17-22(31(2)3)24(37)21(26(39)29(17,42)25(20)38)27(40)30-14-33-9-7-32(8-10-33)11-12-34;1-22(34)8-6-9-16(26(2)3)18(30)14(21(33)25-7-27)20(32)23(9,35)19(31)12(8)17(29)13-11(28)5-4-10(24)15(13)22;1-16(2)12(15(21)22)18-13(20)11(14(18)24-16)17-10(19)8-23-9-6-4-3-5-7-9/h4-6,16-17,22,34-36,39,41-42H,7-14H2,1-3H3,(H,30,40);4-5,8-9,16,27-29,32,34-35H,6-7H2,1-3H3,(H,25,33);3-7,11-12,14H,8H2,1-2H3,(H,17,19)(H,21,22)/t16?,17-,22-,28+,29-;8?,9-,16-,22-,23-;11-,12+,14-/m001/s1. The number of β-amino-alcohol motifs (C(OH)–C–C–N with tert-alkyl or cyclic N) is 1. The molecule has 3 aromatic rings. The minimum atomic E-state index is -2.83. The molecule has 3 aliphatic heterocycles. The molecule has 5 fully saturated rings. The fraction of sp³-hybridized carbons (Fsp3) is 0.485. The van der Waals surface area contributed by atoms with Crippen LogP contribution in [0.4, 0.5) is 0 Å². The van der Waals surface area contributed by atoms with Crippen LogP contribution in [0.15, 0.2) is 94.5 Å². The Hall–Kier alpha value is -8.51. The van der Waals surface area contributed by atoms with Crippen LogP contribution in [0.25, 0.3) is 11.5 Å². The van der Waals surface area contributed by atoms with Crippen LogP contribution in [0.1, 0.15) is 62.8 Å². The number of likely N-dealkylation sites (N-methyl/N-ethyl adjacent to an activating group) is 2. The third kappa shape index (κ3) is 12.4. The number of nitrogens with zero attached hydrogens (tertiary/aromatic N) is 5. The molecule has 31 nitrogen and oxygen atoms in total. The molecule has 3 saturated heterocycles. The number of ether oxygens (including phenoxy) is 1. The second-order valence-corrected chi connectivity index (χ2v) is 29.7. The number of phenols is 2. The van der Waals surface area contributed by atoms with E-state index in [1.165, 1.54) is 78.7 Å². The summed E-state index contributed by atoms with van der Waals surface area (Å²) < 4.78 is 4.74. The van der Waals surface area contributed by atoms with Crippen LogP contribution in [0.2, 0.25) is 5.02 Å². The largest absolute Gasteiger partial charge is 0.508 e. The summed E-state index contributed by atoms with van der Waals surface area (Å²) in [6.07, 6.45) is -0.483. The van der Waals surface area contributed by atoms with Crippen molar-refractivity contribution in [1.82, 2.24) is 40.4 Å². The van der Waals surface area contributed by atoms with Crippen molar-refractivity contribution < 1.29 is 114 Å². The summed E-state index contributed by atoms with van der Waals surface area (Å²) >= 11 is 7.68. The van der Waals surface area contributed by atoms with Gasteiger partial charge in [-0.1, -0.05) is 41.9 Å². The lowest BCUT2D eigenvalue weighted by Gasteiger charge is -2.53. The smallest absolute Gasteiger partial charge is 0.327 e.